The minimum absolute atomic E-state index is 0.590. The van der Waals surface area contributed by atoms with Gasteiger partial charge in [0.05, 0.1) is 0 Å². The standard InChI is InChI=1S/C49H32N4O/c1-4-15-34(16-5-1)47-50-48(35-17-6-2-7-18-35)52-49(51-47)38-27-29-43-45(32-38)54-44-25-13-24-42(46(43)44)37-20-12-23-40(31-37)53(39-21-8-3-9-22-39)41-28-26-33-14-10-11-19-36(33)30-41/h1-32H. The van der Waals surface area contributed by atoms with Gasteiger partial charge in [-0.2, -0.15) is 0 Å². The third-order valence-electron chi connectivity index (χ3n) is 9.88. The summed E-state index contributed by atoms with van der Waals surface area (Å²) in [5.41, 5.74) is 9.78. The van der Waals surface area contributed by atoms with Gasteiger partial charge in [-0.25, -0.2) is 15.0 Å². The van der Waals surface area contributed by atoms with Gasteiger partial charge in [-0.05, 0) is 76.5 Å². The summed E-state index contributed by atoms with van der Waals surface area (Å²) in [6.07, 6.45) is 0. The van der Waals surface area contributed by atoms with Crippen LogP contribution in [0.2, 0.25) is 0 Å². The molecule has 5 heteroatoms. The Labute approximate surface area is 312 Å². The Hall–Kier alpha value is -7.37. The van der Waals surface area contributed by atoms with E-state index in [2.05, 4.69) is 126 Å². The van der Waals surface area contributed by atoms with Gasteiger partial charge >= 0.3 is 0 Å². The number of rotatable bonds is 7. The fourth-order valence-corrected chi connectivity index (χ4v) is 7.30. The molecule has 54 heavy (non-hydrogen) atoms. The zero-order valence-electron chi connectivity index (χ0n) is 29.2. The molecular formula is C49H32N4O. The summed E-state index contributed by atoms with van der Waals surface area (Å²) in [6.45, 7) is 0. The van der Waals surface area contributed by atoms with Crippen molar-refractivity contribution in [2.24, 2.45) is 0 Å². The highest BCUT2D eigenvalue weighted by atomic mass is 16.3. The number of aromatic nitrogens is 3. The second kappa shape index (κ2) is 13.3. The predicted molar refractivity (Wildman–Crippen MR) is 221 cm³/mol. The van der Waals surface area contributed by atoms with Crippen LogP contribution in [0.1, 0.15) is 0 Å². The molecule has 0 N–H and O–H groups in total. The molecule has 5 nitrogen and oxygen atoms in total. The highest BCUT2D eigenvalue weighted by Gasteiger charge is 2.18. The topological polar surface area (TPSA) is 55.1 Å². The molecular weight excluding hydrogens is 661 g/mol. The number of furan rings is 1. The molecule has 2 heterocycles. The van der Waals surface area contributed by atoms with Crippen LogP contribution >= 0.6 is 0 Å². The SMILES string of the molecule is c1ccc(-c2nc(-c3ccccc3)nc(-c3ccc4c(c3)oc3cccc(-c5cccc(N(c6ccccc6)c6ccc7ccccc7c6)c5)c34)n2)cc1. The lowest BCUT2D eigenvalue weighted by Gasteiger charge is -2.26. The Morgan fingerprint density at radius 3 is 1.65 bits per heavy atom. The van der Waals surface area contributed by atoms with Gasteiger partial charge in [0.15, 0.2) is 17.5 Å². The van der Waals surface area contributed by atoms with Crippen molar-refractivity contribution in [1.29, 1.82) is 0 Å². The molecule has 2 aromatic heterocycles. The molecule has 0 radical (unpaired) electrons. The van der Waals surface area contributed by atoms with Crippen LogP contribution in [0.4, 0.5) is 17.1 Å². The molecule has 0 aliphatic rings. The molecule has 0 aliphatic carbocycles. The van der Waals surface area contributed by atoms with Gasteiger partial charge in [0, 0.05) is 44.5 Å². The summed E-state index contributed by atoms with van der Waals surface area (Å²) in [4.78, 5) is 17.1. The van der Waals surface area contributed by atoms with Crippen LogP contribution in [0, 0.1) is 0 Å². The first-order valence-electron chi connectivity index (χ1n) is 18.0. The number of hydrogen-bond acceptors (Lipinski definition) is 5. The highest BCUT2D eigenvalue weighted by molar-refractivity contribution is 6.13. The lowest BCUT2D eigenvalue weighted by atomic mass is 9.98. The van der Waals surface area contributed by atoms with Crippen molar-refractivity contribution in [2.45, 2.75) is 0 Å². The lowest BCUT2D eigenvalue weighted by molar-refractivity contribution is 0.669. The van der Waals surface area contributed by atoms with Crippen molar-refractivity contribution in [3.63, 3.8) is 0 Å². The molecule has 8 aromatic carbocycles. The Morgan fingerprint density at radius 2 is 0.926 bits per heavy atom. The van der Waals surface area contributed by atoms with Crippen molar-refractivity contribution in [3.8, 4) is 45.3 Å². The van der Waals surface area contributed by atoms with Crippen LogP contribution in [-0.4, -0.2) is 15.0 Å². The van der Waals surface area contributed by atoms with Gasteiger partial charge in [-0.3, -0.25) is 0 Å². The van der Waals surface area contributed by atoms with E-state index in [0.29, 0.717) is 17.5 Å². The summed E-state index contributed by atoms with van der Waals surface area (Å²) in [5, 5.41) is 4.52. The maximum absolute atomic E-state index is 6.58. The predicted octanol–water partition coefficient (Wildman–Crippen LogP) is 13.1. The number of para-hydroxylation sites is 1. The van der Waals surface area contributed by atoms with Crippen LogP contribution in [0.3, 0.4) is 0 Å². The van der Waals surface area contributed by atoms with E-state index in [1.54, 1.807) is 0 Å². The van der Waals surface area contributed by atoms with Crippen molar-refractivity contribution in [1.82, 2.24) is 15.0 Å². The number of hydrogen-bond donors (Lipinski definition) is 0. The van der Waals surface area contributed by atoms with Gasteiger partial charge in [0.2, 0.25) is 0 Å². The molecule has 0 amide bonds. The third-order valence-corrected chi connectivity index (χ3v) is 9.88. The first kappa shape index (κ1) is 31.4. The van der Waals surface area contributed by atoms with Crippen molar-refractivity contribution in [2.75, 3.05) is 4.90 Å². The maximum atomic E-state index is 6.58. The molecule has 0 saturated carbocycles. The van der Waals surface area contributed by atoms with Crippen molar-refractivity contribution in [3.05, 3.63) is 194 Å². The molecule has 0 atom stereocenters. The summed E-state index contributed by atoms with van der Waals surface area (Å²) >= 11 is 0. The average molecular weight is 693 g/mol. The molecule has 10 aromatic rings. The zero-order chi connectivity index (χ0) is 35.8. The normalized spacial score (nSPS) is 11.3. The first-order chi connectivity index (χ1) is 26.7. The maximum Gasteiger partial charge on any atom is 0.164 e. The fourth-order valence-electron chi connectivity index (χ4n) is 7.30. The van der Waals surface area contributed by atoms with Crippen LogP contribution in [0.5, 0.6) is 0 Å². The summed E-state index contributed by atoms with van der Waals surface area (Å²) < 4.78 is 6.58. The molecule has 0 spiro atoms. The van der Waals surface area contributed by atoms with E-state index >= 15 is 0 Å². The molecule has 0 aliphatic heterocycles. The second-order valence-corrected chi connectivity index (χ2v) is 13.3. The number of benzene rings is 8. The summed E-state index contributed by atoms with van der Waals surface area (Å²) in [6, 6.07) is 67.0. The van der Waals surface area contributed by atoms with E-state index in [0.717, 1.165) is 66.8 Å². The molecule has 254 valence electrons. The van der Waals surface area contributed by atoms with Gasteiger partial charge in [-0.15, -0.1) is 0 Å². The number of fused-ring (bicyclic) bond motifs is 4. The second-order valence-electron chi connectivity index (χ2n) is 13.3. The van der Waals surface area contributed by atoms with Crippen LogP contribution in [0.15, 0.2) is 199 Å². The van der Waals surface area contributed by atoms with Crippen LogP contribution in [-0.2, 0) is 0 Å². The lowest BCUT2D eigenvalue weighted by Crippen LogP contribution is -2.09. The van der Waals surface area contributed by atoms with Crippen molar-refractivity contribution >= 4 is 49.8 Å². The Morgan fingerprint density at radius 1 is 0.352 bits per heavy atom. The monoisotopic (exact) mass is 692 g/mol. The van der Waals surface area contributed by atoms with E-state index in [1.807, 2.05) is 72.8 Å². The zero-order valence-corrected chi connectivity index (χ0v) is 29.2. The van der Waals surface area contributed by atoms with Gasteiger partial charge in [-0.1, -0.05) is 140 Å². The van der Waals surface area contributed by atoms with Gasteiger partial charge in [0.25, 0.3) is 0 Å². The Bertz CT molecular complexity index is 2880. The average Bonchev–Trinajstić information content (AvgIpc) is 3.63. The van der Waals surface area contributed by atoms with Gasteiger partial charge < -0.3 is 9.32 Å². The van der Waals surface area contributed by atoms with E-state index in [1.165, 1.54) is 10.8 Å². The largest absolute Gasteiger partial charge is 0.456 e. The molecule has 0 fully saturated rings. The van der Waals surface area contributed by atoms with Crippen molar-refractivity contribution < 1.29 is 4.42 Å². The van der Waals surface area contributed by atoms with Crippen LogP contribution in [0.25, 0.3) is 78.0 Å². The summed E-state index contributed by atoms with van der Waals surface area (Å²) in [7, 11) is 0. The Balaban J connectivity index is 1.08. The minimum Gasteiger partial charge on any atom is -0.456 e. The molecule has 10 rings (SSSR count). The molecule has 0 saturated heterocycles. The molecule has 0 unspecified atom stereocenters. The smallest absolute Gasteiger partial charge is 0.164 e. The minimum atomic E-state index is 0.590. The Kier molecular flexibility index (Phi) is 7.73. The van der Waals surface area contributed by atoms with E-state index in [4.69, 9.17) is 19.4 Å². The first-order valence-corrected chi connectivity index (χ1v) is 18.0. The highest BCUT2D eigenvalue weighted by Crippen LogP contribution is 2.41. The van der Waals surface area contributed by atoms with E-state index in [-0.39, 0.29) is 0 Å². The van der Waals surface area contributed by atoms with Gasteiger partial charge in [0.1, 0.15) is 11.2 Å². The number of anilines is 3. The van der Waals surface area contributed by atoms with E-state index < -0.39 is 0 Å². The summed E-state index contributed by atoms with van der Waals surface area (Å²) in [5.74, 6) is 1.84. The quantitative estimate of drug-likeness (QED) is 0.166. The third kappa shape index (κ3) is 5.74. The number of nitrogens with zero attached hydrogens (tertiary/aromatic N) is 4. The molecule has 0 bridgehead atoms. The van der Waals surface area contributed by atoms with E-state index in [9.17, 15) is 0 Å². The van der Waals surface area contributed by atoms with Crippen LogP contribution < -0.4 is 4.90 Å². The fraction of sp³-hybridized carbons (Fsp3) is 0.